The summed E-state index contributed by atoms with van der Waals surface area (Å²) in [5.74, 6) is 0.975. The molecule has 1 aromatic carbocycles. The van der Waals surface area contributed by atoms with Crippen molar-refractivity contribution in [1.29, 1.82) is 0 Å². The highest BCUT2D eigenvalue weighted by Crippen LogP contribution is 2.36. The summed E-state index contributed by atoms with van der Waals surface area (Å²) in [4.78, 5) is 25.2. The molecule has 2 amide bonds. The standard InChI is InChI=1S/C18H23ClN2O4/c1-24-15-12-13(11-14(19)18(15)25-2)6-7-16(22)20-8-4-10-21-9-3-5-17(21)23/h6-7,11-12H,3-5,8-10H2,1-2H3,(H,20,22)/b7-6+. The number of hydrogen-bond donors (Lipinski definition) is 1. The summed E-state index contributed by atoms with van der Waals surface area (Å²) in [5, 5.41) is 3.22. The van der Waals surface area contributed by atoms with Gasteiger partial charge in [-0.25, -0.2) is 0 Å². The lowest BCUT2D eigenvalue weighted by Gasteiger charge is -2.14. The van der Waals surface area contributed by atoms with Crippen LogP contribution in [0.3, 0.4) is 0 Å². The molecule has 1 aliphatic heterocycles. The molecule has 1 fully saturated rings. The predicted molar refractivity (Wildman–Crippen MR) is 97.0 cm³/mol. The van der Waals surface area contributed by atoms with Gasteiger partial charge in [-0.15, -0.1) is 0 Å². The molecule has 2 rings (SSSR count). The molecule has 0 saturated carbocycles. The monoisotopic (exact) mass is 366 g/mol. The van der Waals surface area contributed by atoms with Crippen molar-refractivity contribution in [2.45, 2.75) is 19.3 Å². The average Bonchev–Trinajstić information content (AvgIpc) is 3.01. The van der Waals surface area contributed by atoms with Crippen LogP contribution in [-0.2, 0) is 9.59 Å². The molecule has 0 unspecified atom stereocenters. The fourth-order valence-corrected chi connectivity index (χ4v) is 2.98. The highest BCUT2D eigenvalue weighted by Gasteiger charge is 2.18. The highest BCUT2D eigenvalue weighted by molar-refractivity contribution is 6.32. The molecule has 0 aliphatic carbocycles. The van der Waals surface area contributed by atoms with Gasteiger partial charge < -0.3 is 19.7 Å². The first kappa shape index (κ1) is 19.1. The van der Waals surface area contributed by atoms with Crippen LogP contribution in [0.4, 0.5) is 0 Å². The van der Waals surface area contributed by atoms with Gasteiger partial charge >= 0.3 is 0 Å². The van der Waals surface area contributed by atoms with Crippen molar-refractivity contribution in [3.05, 3.63) is 28.8 Å². The number of carbonyl (C=O) groups excluding carboxylic acids is 2. The second kappa shape index (κ2) is 9.32. The first-order valence-corrected chi connectivity index (χ1v) is 8.58. The third kappa shape index (κ3) is 5.39. The van der Waals surface area contributed by atoms with Gasteiger partial charge in [-0.2, -0.15) is 0 Å². The minimum Gasteiger partial charge on any atom is -0.493 e. The molecular formula is C18H23ClN2O4. The third-order valence-electron chi connectivity index (χ3n) is 3.96. The fourth-order valence-electron chi connectivity index (χ4n) is 2.69. The maximum Gasteiger partial charge on any atom is 0.244 e. The summed E-state index contributed by atoms with van der Waals surface area (Å²) < 4.78 is 10.4. The number of rotatable bonds is 8. The first-order chi connectivity index (χ1) is 12.0. The summed E-state index contributed by atoms with van der Waals surface area (Å²) in [7, 11) is 3.04. The molecule has 0 atom stereocenters. The topological polar surface area (TPSA) is 67.9 Å². The molecule has 1 aliphatic rings. The molecule has 7 heteroatoms. The Bertz CT molecular complexity index is 661. The van der Waals surface area contributed by atoms with E-state index in [1.807, 2.05) is 4.90 Å². The Hall–Kier alpha value is -2.21. The van der Waals surface area contributed by atoms with Crippen molar-refractivity contribution in [2.24, 2.45) is 0 Å². The Morgan fingerprint density at radius 1 is 1.36 bits per heavy atom. The number of ether oxygens (including phenoxy) is 2. The van der Waals surface area contributed by atoms with Crippen LogP contribution >= 0.6 is 11.6 Å². The zero-order valence-corrected chi connectivity index (χ0v) is 15.3. The van der Waals surface area contributed by atoms with E-state index < -0.39 is 0 Å². The minimum absolute atomic E-state index is 0.196. The molecule has 1 heterocycles. The maximum atomic E-state index is 11.9. The van der Waals surface area contributed by atoms with Crippen LogP contribution in [0, 0.1) is 0 Å². The van der Waals surface area contributed by atoms with Crippen molar-refractivity contribution in [2.75, 3.05) is 33.9 Å². The van der Waals surface area contributed by atoms with E-state index in [1.54, 1.807) is 18.2 Å². The zero-order valence-electron chi connectivity index (χ0n) is 14.5. The SMILES string of the molecule is COc1cc(/C=C/C(=O)NCCCN2CCCC2=O)cc(Cl)c1OC. The molecule has 6 nitrogen and oxygen atoms in total. The summed E-state index contributed by atoms with van der Waals surface area (Å²) in [5.41, 5.74) is 0.737. The number of amides is 2. The van der Waals surface area contributed by atoms with E-state index in [1.165, 1.54) is 20.3 Å². The largest absolute Gasteiger partial charge is 0.493 e. The Morgan fingerprint density at radius 2 is 2.16 bits per heavy atom. The van der Waals surface area contributed by atoms with Crippen molar-refractivity contribution in [1.82, 2.24) is 10.2 Å². The number of benzene rings is 1. The minimum atomic E-state index is -0.196. The van der Waals surface area contributed by atoms with Gasteiger partial charge in [0.25, 0.3) is 0 Å². The van der Waals surface area contributed by atoms with Gasteiger partial charge in [-0.1, -0.05) is 11.6 Å². The summed E-state index contributed by atoms with van der Waals surface area (Å²) >= 11 is 6.13. The molecule has 136 valence electrons. The molecule has 25 heavy (non-hydrogen) atoms. The van der Waals surface area contributed by atoms with E-state index in [4.69, 9.17) is 21.1 Å². The summed E-state index contributed by atoms with van der Waals surface area (Å²) in [6.45, 7) is 2.04. The van der Waals surface area contributed by atoms with Crippen LogP contribution < -0.4 is 14.8 Å². The molecule has 0 aromatic heterocycles. The molecule has 0 bridgehead atoms. The van der Waals surface area contributed by atoms with Crippen LogP contribution in [0.15, 0.2) is 18.2 Å². The van der Waals surface area contributed by atoms with Gasteiger partial charge in [0.15, 0.2) is 11.5 Å². The summed E-state index contributed by atoms with van der Waals surface area (Å²) in [6.07, 6.45) is 5.42. The smallest absolute Gasteiger partial charge is 0.244 e. The van der Waals surface area contributed by atoms with Gasteiger partial charge in [0.1, 0.15) is 0 Å². The van der Waals surface area contributed by atoms with Crippen LogP contribution in [0.2, 0.25) is 5.02 Å². The Kier molecular flexibility index (Phi) is 7.13. The van der Waals surface area contributed by atoms with E-state index in [9.17, 15) is 9.59 Å². The molecule has 0 radical (unpaired) electrons. The number of hydrogen-bond acceptors (Lipinski definition) is 4. The predicted octanol–water partition coefficient (Wildman–Crippen LogP) is 2.50. The lowest BCUT2D eigenvalue weighted by Crippen LogP contribution is -2.29. The van der Waals surface area contributed by atoms with Gasteiger partial charge in [-0.05, 0) is 36.6 Å². The van der Waals surface area contributed by atoms with Crippen molar-refractivity contribution in [3.8, 4) is 11.5 Å². The van der Waals surface area contributed by atoms with E-state index in [0.29, 0.717) is 36.0 Å². The fraction of sp³-hybridized carbons (Fsp3) is 0.444. The molecule has 1 aromatic rings. The van der Waals surface area contributed by atoms with E-state index in [2.05, 4.69) is 5.32 Å². The number of nitrogens with one attached hydrogen (secondary N) is 1. The van der Waals surface area contributed by atoms with E-state index in [-0.39, 0.29) is 11.8 Å². The third-order valence-corrected chi connectivity index (χ3v) is 4.24. The van der Waals surface area contributed by atoms with E-state index in [0.717, 1.165) is 24.9 Å². The lowest BCUT2D eigenvalue weighted by atomic mass is 10.2. The van der Waals surface area contributed by atoms with Crippen molar-refractivity contribution in [3.63, 3.8) is 0 Å². The lowest BCUT2D eigenvalue weighted by molar-refractivity contribution is -0.127. The first-order valence-electron chi connectivity index (χ1n) is 8.20. The Morgan fingerprint density at radius 3 is 2.80 bits per heavy atom. The second-order valence-corrected chi connectivity index (χ2v) is 6.11. The van der Waals surface area contributed by atoms with Crippen molar-refractivity contribution >= 4 is 29.5 Å². The second-order valence-electron chi connectivity index (χ2n) is 5.70. The number of carbonyl (C=O) groups is 2. The molecule has 1 saturated heterocycles. The van der Waals surface area contributed by atoms with Crippen LogP contribution in [0.25, 0.3) is 6.08 Å². The molecule has 0 spiro atoms. The summed E-state index contributed by atoms with van der Waals surface area (Å²) in [6, 6.07) is 3.44. The highest BCUT2D eigenvalue weighted by atomic mass is 35.5. The van der Waals surface area contributed by atoms with Gasteiger partial charge in [-0.3, -0.25) is 9.59 Å². The average molecular weight is 367 g/mol. The molecule has 1 N–H and O–H groups in total. The van der Waals surface area contributed by atoms with Crippen LogP contribution in [0.1, 0.15) is 24.8 Å². The van der Waals surface area contributed by atoms with Crippen LogP contribution in [0.5, 0.6) is 11.5 Å². The number of nitrogens with zero attached hydrogens (tertiary/aromatic N) is 1. The normalized spacial score (nSPS) is 14.2. The zero-order chi connectivity index (χ0) is 18.2. The maximum absolute atomic E-state index is 11.9. The molecular weight excluding hydrogens is 344 g/mol. The van der Waals surface area contributed by atoms with E-state index >= 15 is 0 Å². The number of methoxy groups -OCH3 is 2. The quantitative estimate of drug-likeness (QED) is 0.567. The number of halogens is 1. The van der Waals surface area contributed by atoms with Gasteiger partial charge in [0.2, 0.25) is 11.8 Å². The van der Waals surface area contributed by atoms with Gasteiger partial charge in [0.05, 0.1) is 19.2 Å². The van der Waals surface area contributed by atoms with Crippen LogP contribution in [-0.4, -0.2) is 50.6 Å². The number of likely N-dealkylation sites (tertiary alicyclic amines) is 1. The van der Waals surface area contributed by atoms with Crippen molar-refractivity contribution < 1.29 is 19.1 Å². The Labute approximate surface area is 152 Å². The Balaban J connectivity index is 1.81. The van der Waals surface area contributed by atoms with Gasteiger partial charge in [0, 0.05) is 32.1 Å².